The third kappa shape index (κ3) is 4.72. The van der Waals surface area contributed by atoms with E-state index in [1.807, 2.05) is 41.3 Å². The number of fused-ring (bicyclic) bond motifs is 1. The van der Waals surface area contributed by atoms with Gasteiger partial charge in [0.25, 0.3) is 0 Å². The predicted octanol–water partition coefficient (Wildman–Crippen LogP) is 2.96. The maximum Gasteiger partial charge on any atom is 0.329 e. The van der Waals surface area contributed by atoms with Gasteiger partial charge in [-0.15, -0.1) is 0 Å². The van der Waals surface area contributed by atoms with Crippen molar-refractivity contribution in [2.45, 2.75) is 39.4 Å². The van der Waals surface area contributed by atoms with Crippen LogP contribution in [0.2, 0.25) is 0 Å². The normalized spacial score (nSPS) is 15.1. The summed E-state index contributed by atoms with van der Waals surface area (Å²) in [7, 11) is 1.67. The van der Waals surface area contributed by atoms with Crippen LogP contribution in [0.15, 0.2) is 53.3 Å². The van der Waals surface area contributed by atoms with E-state index in [1.165, 1.54) is 5.56 Å². The summed E-state index contributed by atoms with van der Waals surface area (Å²) in [6, 6.07) is 15.9. The summed E-state index contributed by atoms with van der Waals surface area (Å²) in [4.78, 5) is 30.4. The summed E-state index contributed by atoms with van der Waals surface area (Å²) in [6.07, 6.45) is 1.80. The van der Waals surface area contributed by atoms with Gasteiger partial charge in [0.05, 0.1) is 18.1 Å². The van der Waals surface area contributed by atoms with Crippen LogP contribution >= 0.6 is 0 Å². The van der Waals surface area contributed by atoms with Crippen LogP contribution in [0.25, 0.3) is 11.0 Å². The highest BCUT2D eigenvalue weighted by Crippen LogP contribution is 2.16. The number of aryl methyl sites for hydroxylation is 1. The number of imidazole rings is 1. The molecule has 2 aromatic carbocycles. The number of ether oxygens (including phenoxy) is 1. The summed E-state index contributed by atoms with van der Waals surface area (Å²) < 4.78 is 8.65. The maximum atomic E-state index is 13.1. The summed E-state index contributed by atoms with van der Waals surface area (Å²) >= 11 is 0. The van der Waals surface area contributed by atoms with Crippen molar-refractivity contribution in [1.82, 2.24) is 18.9 Å². The SMILES string of the molecule is CCCn1c(=O)n(CC(=O)N2CCCN(Cc3ccc(OC)cc3)CC2)c2ccccc21. The molecule has 1 aliphatic rings. The van der Waals surface area contributed by atoms with Gasteiger partial charge in [-0.2, -0.15) is 0 Å². The van der Waals surface area contributed by atoms with Gasteiger partial charge >= 0.3 is 5.69 Å². The number of benzene rings is 2. The predicted molar refractivity (Wildman–Crippen MR) is 126 cm³/mol. The first-order valence-corrected chi connectivity index (χ1v) is 11.4. The lowest BCUT2D eigenvalue weighted by atomic mass is 10.2. The first-order chi connectivity index (χ1) is 15.6. The molecule has 0 bridgehead atoms. The van der Waals surface area contributed by atoms with E-state index in [2.05, 4.69) is 24.0 Å². The number of carbonyl (C=O) groups is 1. The Balaban J connectivity index is 1.42. The first kappa shape index (κ1) is 22.1. The molecule has 0 atom stereocenters. The summed E-state index contributed by atoms with van der Waals surface area (Å²) in [5.74, 6) is 0.870. The molecular formula is C25H32N4O3. The average Bonchev–Trinajstić information content (AvgIpc) is 2.96. The van der Waals surface area contributed by atoms with Crippen LogP contribution in [-0.2, 0) is 24.4 Å². The molecule has 7 nitrogen and oxygen atoms in total. The lowest BCUT2D eigenvalue weighted by Crippen LogP contribution is -2.39. The van der Waals surface area contributed by atoms with Gasteiger partial charge < -0.3 is 9.64 Å². The molecule has 32 heavy (non-hydrogen) atoms. The first-order valence-electron chi connectivity index (χ1n) is 11.4. The molecule has 0 saturated carbocycles. The van der Waals surface area contributed by atoms with Crippen molar-refractivity contribution >= 4 is 16.9 Å². The van der Waals surface area contributed by atoms with E-state index in [0.29, 0.717) is 13.1 Å². The smallest absolute Gasteiger partial charge is 0.329 e. The highest BCUT2D eigenvalue weighted by atomic mass is 16.5. The molecule has 2 heterocycles. The van der Waals surface area contributed by atoms with Gasteiger partial charge in [-0.05, 0) is 42.7 Å². The minimum Gasteiger partial charge on any atom is -0.497 e. The number of methoxy groups -OCH3 is 1. The van der Waals surface area contributed by atoms with Crippen molar-refractivity contribution in [3.63, 3.8) is 0 Å². The molecule has 7 heteroatoms. The van der Waals surface area contributed by atoms with E-state index >= 15 is 0 Å². The van der Waals surface area contributed by atoms with Gasteiger partial charge in [0.2, 0.25) is 5.91 Å². The fourth-order valence-corrected chi connectivity index (χ4v) is 4.47. The Morgan fingerprint density at radius 3 is 2.34 bits per heavy atom. The summed E-state index contributed by atoms with van der Waals surface area (Å²) in [5, 5.41) is 0. The highest BCUT2D eigenvalue weighted by Gasteiger charge is 2.22. The van der Waals surface area contributed by atoms with Crippen LogP contribution < -0.4 is 10.4 Å². The van der Waals surface area contributed by atoms with Gasteiger partial charge in [-0.1, -0.05) is 31.2 Å². The van der Waals surface area contributed by atoms with Crippen LogP contribution in [0.1, 0.15) is 25.3 Å². The third-order valence-electron chi connectivity index (χ3n) is 6.17. The van der Waals surface area contributed by atoms with Crippen LogP contribution in [0.3, 0.4) is 0 Å². The van der Waals surface area contributed by atoms with Gasteiger partial charge in [-0.25, -0.2) is 4.79 Å². The maximum absolute atomic E-state index is 13.1. The van der Waals surface area contributed by atoms with E-state index in [0.717, 1.165) is 55.8 Å². The van der Waals surface area contributed by atoms with Crippen LogP contribution in [0.5, 0.6) is 5.75 Å². The second kappa shape index (κ2) is 10.0. The topological polar surface area (TPSA) is 59.7 Å². The van der Waals surface area contributed by atoms with Gasteiger partial charge in [0.15, 0.2) is 0 Å². The molecule has 1 saturated heterocycles. The van der Waals surface area contributed by atoms with Crippen molar-refractivity contribution in [1.29, 1.82) is 0 Å². The highest BCUT2D eigenvalue weighted by molar-refractivity contribution is 5.81. The minimum absolute atomic E-state index is 0.0119. The monoisotopic (exact) mass is 436 g/mol. The second-order valence-electron chi connectivity index (χ2n) is 8.37. The molecule has 0 aliphatic carbocycles. The largest absolute Gasteiger partial charge is 0.497 e. The number of amides is 1. The average molecular weight is 437 g/mol. The van der Waals surface area contributed by atoms with Gasteiger partial charge in [0.1, 0.15) is 12.3 Å². The lowest BCUT2D eigenvalue weighted by molar-refractivity contribution is -0.131. The Bertz CT molecular complexity index is 1120. The molecule has 0 spiro atoms. The Labute approximate surface area is 188 Å². The standard InChI is InChI=1S/C25H32N4O3/c1-3-13-28-22-7-4-5-8-23(22)29(25(28)31)19-24(30)27-15-6-14-26(16-17-27)18-20-9-11-21(32-2)12-10-20/h4-5,7-12H,3,6,13-19H2,1-2H3. The quantitative estimate of drug-likeness (QED) is 0.571. The van der Waals surface area contributed by atoms with E-state index in [4.69, 9.17) is 4.74 Å². The molecule has 1 aromatic heterocycles. The Morgan fingerprint density at radius 1 is 0.938 bits per heavy atom. The summed E-state index contributed by atoms with van der Waals surface area (Å²) in [6.45, 7) is 6.83. The number of nitrogens with zero attached hydrogens (tertiary/aromatic N) is 4. The number of carbonyl (C=O) groups excluding carboxylic acids is 1. The lowest BCUT2D eigenvalue weighted by Gasteiger charge is -2.22. The van der Waals surface area contributed by atoms with Crippen LogP contribution in [-0.4, -0.2) is 58.1 Å². The Kier molecular flexibility index (Phi) is 6.95. The molecule has 170 valence electrons. The number of para-hydroxylation sites is 2. The molecule has 3 aromatic rings. The molecule has 4 rings (SSSR count). The zero-order valence-corrected chi connectivity index (χ0v) is 19.0. The third-order valence-corrected chi connectivity index (χ3v) is 6.17. The van der Waals surface area contributed by atoms with Crippen LogP contribution in [0.4, 0.5) is 0 Å². The minimum atomic E-state index is -0.0997. The zero-order valence-electron chi connectivity index (χ0n) is 19.0. The van der Waals surface area contributed by atoms with E-state index in [1.54, 1.807) is 16.2 Å². The van der Waals surface area contributed by atoms with Gasteiger partial charge in [0, 0.05) is 39.3 Å². The molecule has 1 amide bonds. The van der Waals surface area contributed by atoms with E-state index < -0.39 is 0 Å². The molecule has 1 fully saturated rings. The Hall–Kier alpha value is -3.06. The number of aromatic nitrogens is 2. The number of hydrogen-bond donors (Lipinski definition) is 0. The van der Waals surface area contributed by atoms with E-state index in [-0.39, 0.29) is 18.1 Å². The summed E-state index contributed by atoms with van der Waals surface area (Å²) in [5.41, 5.74) is 2.86. The molecule has 0 N–H and O–H groups in total. The second-order valence-corrected chi connectivity index (χ2v) is 8.37. The molecular weight excluding hydrogens is 404 g/mol. The van der Waals surface area contributed by atoms with Crippen molar-refractivity contribution < 1.29 is 9.53 Å². The van der Waals surface area contributed by atoms with E-state index in [9.17, 15) is 9.59 Å². The fraction of sp³-hybridized carbons (Fsp3) is 0.440. The van der Waals surface area contributed by atoms with Crippen molar-refractivity contribution in [2.24, 2.45) is 0 Å². The van der Waals surface area contributed by atoms with Crippen molar-refractivity contribution in [2.75, 3.05) is 33.3 Å². The van der Waals surface area contributed by atoms with Crippen LogP contribution in [0, 0.1) is 0 Å². The molecule has 0 radical (unpaired) electrons. The fourth-order valence-electron chi connectivity index (χ4n) is 4.47. The number of hydrogen-bond acceptors (Lipinski definition) is 4. The van der Waals surface area contributed by atoms with Gasteiger partial charge in [-0.3, -0.25) is 18.8 Å². The number of rotatable bonds is 7. The molecule has 0 unspecified atom stereocenters. The van der Waals surface area contributed by atoms with Crippen molar-refractivity contribution in [3.8, 4) is 5.75 Å². The zero-order chi connectivity index (χ0) is 22.5. The Morgan fingerprint density at radius 2 is 1.66 bits per heavy atom. The molecule has 1 aliphatic heterocycles. The van der Waals surface area contributed by atoms with Crippen molar-refractivity contribution in [3.05, 3.63) is 64.6 Å².